The van der Waals surface area contributed by atoms with E-state index in [1.165, 1.54) is 10.9 Å². The average molecular weight is 522 g/mol. The SMILES string of the molecule is NO[C@@H]1[C@@H](O)[C@@H](COP(=O)(O)OP(=O)(O)OP(=O)(O)O)O[C@H]1n1cnc2c(N)ncnc21. The van der Waals surface area contributed by atoms with Gasteiger partial charge in [0, 0.05) is 0 Å². The van der Waals surface area contributed by atoms with Gasteiger partial charge in [0.15, 0.2) is 23.8 Å². The second kappa shape index (κ2) is 9.09. The highest BCUT2D eigenvalue weighted by molar-refractivity contribution is 7.66. The second-order valence-electron chi connectivity index (χ2n) is 6.13. The quantitative estimate of drug-likeness (QED) is 0.142. The molecule has 0 amide bonds. The summed E-state index contributed by atoms with van der Waals surface area (Å²) in [4.78, 5) is 52.3. The zero-order valence-corrected chi connectivity index (χ0v) is 18.1. The van der Waals surface area contributed by atoms with E-state index in [4.69, 9.17) is 35.9 Å². The molecule has 1 aliphatic rings. The smallest absolute Gasteiger partial charge is 0.387 e. The van der Waals surface area contributed by atoms with Crippen LogP contribution in [0.4, 0.5) is 5.82 Å². The van der Waals surface area contributed by atoms with Crippen molar-refractivity contribution in [1.82, 2.24) is 19.5 Å². The van der Waals surface area contributed by atoms with Gasteiger partial charge in [-0.1, -0.05) is 0 Å². The number of aromatic nitrogens is 4. The number of nitrogens with zero attached hydrogens (tertiary/aromatic N) is 4. The number of imidazole rings is 1. The molecule has 9 N–H and O–H groups in total. The Morgan fingerprint density at radius 2 is 1.78 bits per heavy atom. The van der Waals surface area contributed by atoms with Gasteiger partial charge in [0.1, 0.15) is 24.1 Å². The van der Waals surface area contributed by atoms with Gasteiger partial charge in [0.25, 0.3) is 0 Å². The van der Waals surface area contributed by atoms with Crippen molar-refractivity contribution in [2.75, 3.05) is 12.3 Å². The number of aliphatic hydroxyl groups excluding tert-OH is 1. The normalized spacial score (nSPS) is 27.9. The topological polar surface area (TPSA) is 294 Å². The van der Waals surface area contributed by atoms with Crippen molar-refractivity contribution in [3.05, 3.63) is 12.7 Å². The van der Waals surface area contributed by atoms with Gasteiger partial charge in [-0.15, -0.1) is 0 Å². The van der Waals surface area contributed by atoms with Crippen molar-refractivity contribution in [2.24, 2.45) is 5.90 Å². The van der Waals surface area contributed by atoms with E-state index in [1.54, 1.807) is 0 Å². The lowest BCUT2D eigenvalue weighted by atomic mass is 10.1. The molecule has 180 valence electrons. The number of fused-ring (bicyclic) bond motifs is 1. The molecule has 0 bridgehead atoms. The number of nitrogen functional groups attached to an aromatic ring is 1. The first-order chi connectivity index (χ1) is 14.7. The largest absolute Gasteiger partial charge is 0.490 e. The van der Waals surface area contributed by atoms with E-state index in [2.05, 4.69) is 28.1 Å². The molecule has 2 aromatic rings. The molecule has 3 rings (SSSR count). The molecule has 0 saturated carbocycles. The molecule has 2 unspecified atom stereocenters. The molecule has 0 spiro atoms. The van der Waals surface area contributed by atoms with Crippen LogP contribution < -0.4 is 11.6 Å². The summed E-state index contributed by atoms with van der Waals surface area (Å²) in [6.45, 7) is -0.926. The Balaban J connectivity index is 1.73. The maximum absolute atomic E-state index is 11.9. The summed E-state index contributed by atoms with van der Waals surface area (Å²) in [6.07, 6.45) is -3.03. The molecule has 1 fully saturated rings. The lowest BCUT2D eigenvalue weighted by Crippen LogP contribution is -2.37. The minimum Gasteiger partial charge on any atom is -0.387 e. The minimum atomic E-state index is -5.70. The maximum Gasteiger partial charge on any atom is 0.490 e. The molecule has 1 aliphatic heterocycles. The van der Waals surface area contributed by atoms with Gasteiger partial charge in [-0.2, -0.15) is 8.62 Å². The first-order valence-corrected chi connectivity index (χ1v) is 12.7. The van der Waals surface area contributed by atoms with E-state index in [-0.39, 0.29) is 17.0 Å². The molecule has 0 aliphatic carbocycles. The summed E-state index contributed by atoms with van der Waals surface area (Å²) in [5.74, 6) is 5.28. The van der Waals surface area contributed by atoms with Gasteiger partial charge < -0.3 is 35.2 Å². The molecule has 0 radical (unpaired) electrons. The van der Waals surface area contributed by atoms with Gasteiger partial charge in [-0.3, -0.25) is 13.9 Å². The Morgan fingerprint density at radius 1 is 1.09 bits per heavy atom. The highest BCUT2D eigenvalue weighted by atomic mass is 31.3. The van der Waals surface area contributed by atoms with E-state index >= 15 is 0 Å². The summed E-state index contributed by atoms with van der Waals surface area (Å²) in [6, 6.07) is 0. The Kier molecular flexibility index (Phi) is 7.17. The molecule has 19 nitrogen and oxygen atoms in total. The van der Waals surface area contributed by atoms with Crippen molar-refractivity contribution in [1.29, 1.82) is 0 Å². The average Bonchev–Trinajstić information content (AvgIpc) is 3.18. The molecule has 6 atom stereocenters. The third kappa shape index (κ3) is 5.74. The fourth-order valence-corrected chi connectivity index (χ4v) is 5.78. The fourth-order valence-electron chi connectivity index (χ4n) is 2.75. The zero-order valence-electron chi connectivity index (χ0n) is 15.5. The lowest BCUT2D eigenvalue weighted by Gasteiger charge is -2.19. The Labute approximate surface area is 177 Å². The Hall–Kier alpha value is -1.40. The Bertz CT molecular complexity index is 1120. The first kappa shape index (κ1) is 25.2. The monoisotopic (exact) mass is 522 g/mol. The number of phosphoric ester groups is 1. The van der Waals surface area contributed by atoms with Crippen LogP contribution in [-0.4, -0.2) is 69.1 Å². The van der Waals surface area contributed by atoms with Crippen molar-refractivity contribution in [2.45, 2.75) is 24.5 Å². The third-order valence-electron chi connectivity index (χ3n) is 3.95. The van der Waals surface area contributed by atoms with E-state index in [9.17, 15) is 23.7 Å². The van der Waals surface area contributed by atoms with Crippen LogP contribution in [0.2, 0.25) is 0 Å². The number of hydrogen-bond donors (Lipinski definition) is 7. The molecule has 3 heterocycles. The number of ether oxygens (including phenoxy) is 1. The van der Waals surface area contributed by atoms with Crippen LogP contribution in [0.1, 0.15) is 6.23 Å². The fraction of sp³-hybridized carbons (Fsp3) is 0.500. The van der Waals surface area contributed by atoms with Gasteiger partial charge in [-0.05, 0) is 0 Å². The number of phosphoric acid groups is 3. The Morgan fingerprint density at radius 3 is 2.41 bits per heavy atom. The molecular weight excluding hydrogens is 505 g/mol. The van der Waals surface area contributed by atoms with Gasteiger partial charge >= 0.3 is 23.5 Å². The van der Waals surface area contributed by atoms with Crippen LogP contribution in [0.15, 0.2) is 12.7 Å². The standard InChI is InChI=1S/C10H17N6O13P3/c11-8-5-9(14-2-13-8)16(3-15-5)10-7(27-12)6(17)4(26-10)1-25-31(21,22)29-32(23,24)28-30(18,19)20/h2-4,6-7,10,17H,1,12H2,(H,21,22)(H,23,24)(H2,11,13,14)(H2,18,19,20)/t4-,6+,7-,10-/m1/s1. The molecule has 32 heavy (non-hydrogen) atoms. The molecule has 0 aromatic carbocycles. The number of hydrogen-bond acceptors (Lipinski definition) is 14. The van der Waals surface area contributed by atoms with Crippen LogP contribution in [0, 0.1) is 0 Å². The lowest BCUT2D eigenvalue weighted by molar-refractivity contribution is -0.0715. The molecule has 1 saturated heterocycles. The van der Waals surface area contributed by atoms with Crippen molar-refractivity contribution in [3.8, 4) is 0 Å². The maximum atomic E-state index is 11.9. The molecular formula is C10H17N6O13P3. The summed E-state index contributed by atoms with van der Waals surface area (Å²) in [5, 5.41) is 10.4. The van der Waals surface area contributed by atoms with Crippen molar-refractivity contribution >= 4 is 40.4 Å². The number of anilines is 1. The minimum absolute atomic E-state index is 0.0571. The van der Waals surface area contributed by atoms with Crippen LogP contribution in [0.3, 0.4) is 0 Å². The number of rotatable bonds is 9. The molecule has 2 aromatic heterocycles. The van der Waals surface area contributed by atoms with Gasteiger partial charge in [0.2, 0.25) is 0 Å². The van der Waals surface area contributed by atoms with Crippen LogP contribution in [0.5, 0.6) is 0 Å². The van der Waals surface area contributed by atoms with E-state index < -0.39 is 54.6 Å². The van der Waals surface area contributed by atoms with Crippen LogP contribution in [0.25, 0.3) is 11.2 Å². The highest BCUT2D eigenvalue weighted by Crippen LogP contribution is 2.66. The summed E-state index contributed by atoms with van der Waals surface area (Å²) < 4.78 is 52.4. The predicted molar refractivity (Wildman–Crippen MR) is 98.5 cm³/mol. The summed E-state index contributed by atoms with van der Waals surface area (Å²) in [7, 11) is -16.7. The number of nitrogens with two attached hydrogens (primary N) is 2. The van der Waals surface area contributed by atoms with E-state index in [1.807, 2.05) is 0 Å². The van der Waals surface area contributed by atoms with Crippen LogP contribution in [-0.2, 0) is 36.4 Å². The van der Waals surface area contributed by atoms with E-state index in [0.717, 1.165) is 6.33 Å². The summed E-state index contributed by atoms with van der Waals surface area (Å²) in [5.41, 5.74) is 6.10. The zero-order chi connectivity index (χ0) is 23.9. The number of aliphatic hydroxyl groups is 1. The second-order valence-corrected chi connectivity index (χ2v) is 10.5. The predicted octanol–water partition coefficient (Wildman–Crippen LogP) is -1.73. The van der Waals surface area contributed by atoms with Crippen molar-refractivity contribution < 1.29 is 61.1 Å². The third-order valence-corrected chi connectivity index (χ3v) is 7.75. The van der Waals surface area contributed by atoms with Crippen LogP contribution >= 0.6 is 23.5 Å². The first-order valence-electron chi connectivity index (χ1n) is 8.13. The van der Waals surface area contributed by atoms with Crippen molar-refractivity contribution in [3.63, 3.8) is 0 Å². The summed E-state index contributed by atoms with van der Waals surface area (Å²) >= 11 is 0. The van der Waals surface area contributed by atoms with E-state index in [0.29, 0.717) is 0 Å². The molecule has 22 heteroatoms. The highest BCUT2D eigenvalue weighted by Gasteiger charge is 2.48. The van der Waals surface area contributed by atoms with Gasteiger partial charge in [0.05, 0.1) is 12.9 Å². The van der Waals surface area contributed by atoms with Gasteiger partial charge in [-0.25, -0.2) is 34.5 Å².